The molecule has 2 amide bonds. The average Bonchev–Trinajstić information content (AvgIpc) is 2.67. The van der Waals surface area contributed by atoms with Crippen LogP contribution in [0, 0.1) is 13.8 Å². The lowest BCUT2D eigenvalue weighted by atomic mass is 10.1. The van der Waals surface area contributed by atoms with E-state index < -0.39 is 24.0 Å². The fourth-order valence-corrected chi connectivity index (χ4v) is 3.35. The van der Waals surface area contributed by atoms with Crippen LogP contribution in [0.4, 0.5) is 0 Å². The largest absolute Gasteiger partial charge is 0.424 e. The number of carbonyl (C=O) groups is 3. The maximum atomic E-state index is 12.7. The van der Waals surface area contributed by atoms with Gasteiger partial charge in [0.1, 0.15) is 17.8 Å². The molecule has 0 saturated carbocycles. The second-order valence-corrected chi connectivity index (χ2v) is 7.59. The molecule has 0 bridgehead atoms. The number of hydrogen-bond acceptors (Lipinski definition) is 6. The number of thioether (sulfide) groups is 1. The molecule has 1 aromatic carbocycles. The number of hydrogen-bond donors (Lipinski definition) is 3. The van der Waals surface area contributed by atoms with E-state index in [0.717, 1.165) is 16.7 Å². The van der Waals surface area contributed by atoms with E-state index in [4.69, 9.17) is 4.74 Å². The van der Waals surface area contributed by atoms with Crippen LogP contribution in [-0.4, -0.2) is 47.5 Å². The zero-order valence-electron chi connectivity index (χ0n) is 16.9. The van der Waals surface area contributed by atoms with Gasteiger partial charge in [-0.25, -0.2) is 4.79 Å². The number of ether oxygens (including phenoxy) is 1. The fraction of sp³-hybridized carbons (Fsp3) is 0.550. The lowest BCUT2D eigenvalue weighted by Crippen LogP contribution is -2.51. The molecule has 156 valence electrons. The van der Waals surface area contributed by atoms with Crippen molar-refractivity contribution in [2.75, 3.05) is 12.0 Å². The zero-order valence-corrected chi connectivity index (χ0v) is 17.7. The van der Waals surface area contributed by atoms with Gasteiger partial charge in [0.15, 0.2) is 0 Å². The highest BCUT2D eigenvalue weighted by molar-refractivity contribution is 7.98. The lowest BCUT2D eigenvalue weighted by molar-refractivity contribution is -0.140. The summed E-state index contributed by atoms with van der Waals surface area (Å²) in [7, 11) is 0. The Morgan fingerprint density at radius 2 is 1.86 bits per heavy atom. The molecule has 0 spiro atoms. The third-order valence-electron chi connectivity index (χ3n) is 4.28. The van der Waals surface area contributed by atoms with Gasteiger partial charge in [-0.1, -0.05) is 25.5 Å². The molecule has 0 fully saturated rings. The number of aryl methyl sites for hydroxylation is 2. The molecule has 2 atom stereocenters. The third-order valence-corrected chi connectivity index (χ3v) is 4.92. The second-order valence-electron chi connectivity index (χ2n) is 6.61. The predicted octanol–water partition coefficient (Wildman–Crippen LogP) is 1.85. The molecule has 28 heavy (non-hydrogen) atoms. The maximum Gasteiger partial charge on any atom is 0.334 e. The van der Waals surface area contributed by atoms with Crippen molar-refractivity contribution < 1.29 is 24.2 Å². The zero-order chi connectivity index (χ0) is 21.1. The molecule has 0 radical (unpaired) electrons. The van der Waals surface area contributed by atoms with Gasteiger partial charge in [-0.15, -0.1) is 0 Å². The van der Waals surface area contributed by atoms with E-state index in [-0.39, 0.29) is 6.61 Å². The monoisotopic (exact) mass is 410 g/mol. The van der Waals surface area contributed by atoms with Crippen LogP contribution in [0.5, 0.6) is 5.75 Å². The van der Waals surface area contributed by atoms with Gasteiger partial charge in [-0.05, 0) is 55.4 Å². The van der Waals surface area contributed by atoms with Gasteiger partial charge in [-0.2, -0.15) is 11.8 Å². The van der Waals surface area contributed by atoms with E-state index >= 15 is 0 Å². The van der Waals surface area contributed by atoms with Crippen LogP contribution < -0.4 is 15.4 Å². The fourth-order valence-electron chi connectivity index (χ4n) is 2.88. The molecule has 1 aromatic rings. The minimum Gasteiger partial charge on any atom is -0.424 e. The molecule has 0 aliphatic rings. The predicted molar refractivity (Wildman–Crippen MR) is 110 cm³/mol. The molecule has 0 aliphatic heterocycles. The Morgan fingerprint density at radius 1 is 1.21 bits per heavy atom. The van der Waals surface area contributed by atoms with Gasteiger partial charge >= 0.3 is 5.97 Å². The van der Waals surface area contributed by atoms with Crippen molar-refractivity contribution in [1.29, 1.82) is 0 Å². The van der Waals surface area contributed by atoms with E-state index in [1.807, 2.05) is 13.2 Å². The van der Waals surface area contributed by atoms with Gasteiger partial charge in [0.2, 0.25) is 12.3 Å². The molecule has 7 nitrogen and oxygen atoms in total. The van der Waals surface area contributed by atoms with Crippen molar-refractivity contribution in [3.05, 3.63) is 28.8 Å². The summed E-state index contributed by atoms with van der Waals surface area (Å²) in [5.74, 6) is 0.188. The minimum absolute atomic E-state index is 0.0917. The Morgan fingerprint density at radius 3 is 2.36 bits per heavy atom. The number of rotatable bonds is 12. The van der Waals surface area contributed by atoms with Crippen LogP contribution in [-0.2, 0) is 21.0 Å². The SMILES string of the molecule is CCCC(NC(=O)C(CCSC)NC=O)C(=O)Oc1c(C)cc(CO)cc1C. The van der Waals surface area contributed by atoms with Crippen LogP contribution in [0.15, 0.2) is 12.1 Å². The number of carbonyl (C=O) groups excluding carboxylic acids is 3. The molecule has 0 heterocycles. The van der Waals surface area contributed by atoms with E-state index in [1.165, 1.54) is 0 Å². The quantitative estimate of drug-likeness (QED) is 0.276. The normalized spacial score (nSPS) is 12.8. The summed E-state index contributed by atoms with van der Waals surface area (Å²) in [4.78, 5) is 36.0. The van der Waals surface area contributed by atoms with Gasteiger partial charge in [0.05, 0.1) is 6.61 Å². The smallest absolute Gasteiger partial charge is 0.334 e. The van der Waals surface area contributed by atoms with Gasteiger partial charge in [0, 0.05) is 0 Å². The van der Waals surface area contributed by atoms with E-state index in [9.17, 15) is 19.5 Å². The number of amides is 2. The Kier molecular flexibility index (Phi) is 10.6. The summed E-state index contributed by atoms with van der Waals surface area (Å²) in [5, 5.41) is 14.5. The van der Waals surface area contributed by atoms with Crippen molar-refractivity contribution in [3.63, 3.8) is 0 Å². The maximum absolute atomic E-state index is 12.7. The summed E-state index contributed by atoms with van der Waals surface area (Å²) in [6.45, 7) is 5.42. The van der Waals surface area contributed by atoms with Crippen LogP contribution in [0.2, 0.25) is 0 Å². The summed E-state index contributed by atoms with van der Waals surface area (Å²) in [6.07, 6.45) is 3.99. The number of aliphatic hydroxyl groups excluding tert-OH is 1. The summed E-state index contributed by atoms with van der Waals surface area (Å²) in [6, 6.07) is 2.02. The minimum atomic E-state index is -0.806. The summed E-state index contributed by atoms with van der Waals surface area (Å²) in [5.41, 5.74) is 2.21. The topological polar surface area (TPSA) is 105 Å². The molecule has 1 rings (SSSR count). The van der Waals surface area contributed by atoms with Crippen LogP contribution in [0.25, 0.3) is 0 Å². The van der Waals surface area contributed by atoms with Crippen LogP contribution in [0.3, 0.4) is 0 Å². The molecule has 0 aliphatic carbocycles. The molecule has 2 unspecified atom stereocenters. The van der Waals surface area contributed by atoms with Gasteiger partial charge < -0.3 is 20.5 Å². The third kappa shape index (κ3) is 7.16. The van der Waals surface area contributed by atoms with Crippen molar-refractivity contribution in [2.24, 2.45) is 0 Å². The molecule has 8 heteroatoms. The highest BCUT2D eigenvalue weighted by Gasteiger charge is 2.27. The number of aliphatic hydroxyl groups is 1. The Hall–Kier alpha value is -2.06. The molecule has 3 N–H and O–H groups in total. The highest BCUT2D eigenvalue weighted by Crippen LogP contribution is 2.25. The van der Waals surface area contributed by atoms with Crippen LogP contribution in [0.1, 0.15) is 42.9 Å². The standard InChI is InChI=1S/C20H30N2O5S/c1-5-6-17(22-19(25)16(21-12-24)7-8-28-4)20(26)27-18-13(2)9-15(11-23)10-14(18)3/h9-10,12,16-17,23H,5-8,11H2,1-4H3,(H,21,24)(H,22,25). The van der Waals surface area contributed by atoms with Gasteiger partial charge in [0.25, 0.3) is 0 Å². The first-order valence-corrected chi connectivity index (χ1v) is 10.7. The van der Waals surface area contributed by atoms with Crippen molar-refractivity contribution >= 4 is 30.0 Å². The van der Waals surface area contributed by atoms with E-state index in [1.54, 1.807) is 37.7 Å². The first-order chi connectivity index (χ1) is 13.4. The molecule has 0 saturated heterocycles. The number of esters is 1. The van der Waals surface area contributed by atoms with Gasteiger partial charge in [-0.3, -0.25) is 9.59 Å². The molecular formula is C20H30N2O5S. The molecular weight excluding hydrogens is 380 g/mol. The van der Waals surface area contributed by atoms with Crippen LogP contribution >= 0.6 is 11.8 Å². The van der Waals surface area contributed by atoms with Crippen molar-refractivity contribution in [2.45, 2.75) is 58.7 Å². The van der Waals surface area contributed by atoms with E-state index in [2.05, 4.69) is 10.6 Å². The highest BCUT2D eigenvalue weighted by atomic mass is 32.2. The van der Waals surface area contributed by atoms with E-state index in [0.29, 0.717) is 37.2 Å². The summed E-state index contributed by atoms with van der Waals surface area (Å²) >= 11 is 1.57. The number of benzene rings is 1. The lowest BCUT2D eigenvalue weighted by Gasteiger charge is -2.22. The number of nitrogens with one attached hydrogen (secondary N) is 2. The first kappa shape index (κ1) is 24.0. The first-order valence-electron chi connectivity index (χ1n) is 9.29. The molecule has 0 aromatic heterocycles. The Bertz CT molecular complexity index is 658. The Balaban J connectivity index is 2.91. The summed E-state index contributed by atoms with van der Waals surface area (Å²) < 4.78 is 5.58. The van der Waals surface area contributed by atoms with Crippen molar-refractivity contribution in [3.8, 4) is 5.75 Å². The van der Waals surface area contributed by atoms with Crippen molar-refractivity contribution in [1.82, 2.24) is 10.6 Å². The Labute approximate surface area is 170 Å². The second kappa shape index (κ2) is 12.4. The average molecular weight is 411 g/mol.